The zero-order valence-electron chi connectivity index (χ0n) is 12.8. The Hall–Kier alpha value is -1.02. The average Bonchev–Trinajstić information content (AvgIpc) is 2.73. The topological polar surface area (TPSA) is 12.5 Å². The maximum Gasteiger partial charge on any atom is 0.119 e. The summed E-state index contributed by atoms with van der Waals surface area (Å²) in [6, 6.07) is 10.0. The van der Waals surface area contributed by atoms with Gasteiger partial charge >= 0.3 is 0 Å². The summed E-state index contributed by atoms with van der Waals surface area (Å²) in [5, 5.41) is 0. The normalized spacial score (nSPS) is 31.4. The SMILES string of the molecule is COc1cccc([C@H]2CC[C@H]3CCCCC[C@@H]3N2C)c1. The molecule has 0 amide bonds. The van der Waals surface area contributed by atoms with Crippen LogP contribution >= 0.6 is 0 Å². The molecule has 0 spiro atoms. The van der Waals surface area contributed by atoms with E-state index in [2.05, 4.69) is 30.1 Å². The maximum atomic E-state index is 5.39. The molecule has 1 saturated heterocycles. The van der Waals surface area contributed by atoms with Gasteiger partial charge < -0.3 is 4.74 Å². The summed E-state index contributed by atoms with van der Waals surface area (Å²) in [4.78, 5) is 2.66. The van der Waals surface area contributed by atoms with E-state index in [9.17, 15) is 0 Å². The minimum Gasteiger partial charge on any atom is -0.497 e. The number of likely N-dealkylation sites (tertiary alicyclic amines) is 1. The van der Waals surface area contributed by atoms with Crippen LogP contribution in [0.4, 0.5) is 0 Å². The Labute approximate surface area is 123 Å². The molecule has 0 radical (unpaired) electrons. The average molecular weight is 273 g/mol. The Morgan fingerprint density at radius 3 is 2.75 bits per heavy atom. The summed E-state index contributed by atoms with van der Waals surface area (Å²) in [5.41, 5.74) is 1.43. The molecule has 1 aliphatic carbocycles. The first-order valence-electron chi connectivity index (χ1n) is 8.15. The molecule has 3 rings (SSSR count). The first-order valence-corrected chi connectivity index (χ1v) is 8.15. The Morgan fingerprint density at radius 1 is 1.05 bits per heavy atom. The minimum absolute atomic E-state index is 0.574. The number of benzene rings is 1. The van der Waals surface area contributed by atoms with Crippen LogP contribution in [0.3, 0.4) is 0 Å². The van der Waals surface area contributed by atoms with Gasteiger partial charge in [0.25, 0.3) is 0 Å². The number of hydrogen-bond acceptors (Lipinski definition) is 2. The van der Waals surface area contributed by atoms with E-state index >= 15 is 0 Å². The van der Waals surface area contributed by atoms with Crippen molar-refractivity contribution >= 4 is 0 Å². The molecule has 1 aromatic rings. The summed E-state index contributed by atoms with van der Waals surface area (Å²) in [5.74, 6) is 1.92. The van der Waals surface area contributed by atoms with Crippen LogP contribution in [-0.2, 0) is 0 Å². The quantitative estimate of drug-likeness (QED) is 0.791. The lowest BCUT2D eigenvalue weighted by Gasteiger charge is -2.44. The number of hydrogen-bond donors (Lipinski definition) is 0. The largest absolute Gasteiger partial charge is 0.497 e. The molecular weight excluding hydrogens is 246 g/mol. The Morgan fingerprint density at radius 2 is 1.90 bits per heavy atom. The summed E-state index contributed by atoms with van der Waals surface area (Å²) >= 11 is 0. The molecule has 0 N–H and O–H groups in total. The second-order valence-corrected chi connectivity index (χ2v) is 6.50. The van der Waals surface area contributed by atoms with E-state index in [-0.39, 0.29) is 0 Å². The van der Waals surface area contributed by atoms with Crippen LogP contribution in [0, 0.1) is 5.92 Å². The van der Waals surface area contributed by atoms with E-state index in [1.807, 2.05) is 6.07 Å². The molecule has 2 aliphatic rings. The predicted molar refractivity (Wildman–Crippen MR) is 83.1 cm³/mol. The highest BCUT2D eigenvalue weighted by Crippen LogP contribution is 2.41. The van der Waals surface area contributed by atoms with Gasteiger partial charge in [0.2, 0.25) is 0 Å². The van der Waals surface area contributed by atoms with Gasteiger partial charge in [-0.15, -0.1) is 0 Å². The molecular formula is C18H27NO. The van der Waals surface area contributed by atoms with Gasteiger partial charge in [-0.05, 0) is 56.3 Å². The molecule has 1 heterocycles. The van der Waals surface area contributed by atoms with Crippen LogP contribution in [0.15, 0.2) is 24.3 Å². The van der Waals surface area contributed by atoms with E-state index in [1.165, 1.54) is 50.5 Å². The van der Waals surface area contributed by atoms with Crippen molar-refractivity contribution in [2.45, 2.75) is 57.0 Å². The summed E-state index contributed by atoms with van der Waals surface area (Å²) in [6.07, 6.45) is 9.82. The van der Waals surface area contributed by atoms with Gasteiger partial charge in [0.05, 0.1) is 7.11 Å². The highest BCUT2D eigenvalue weighted by Gasteiger charge is 2.35. The summed E-state index contributed by atoms with van der Waals surface area (Å²) < 4.78 is 5.39. The van der Waals surface area contributed by atoms with Gasteiger partial charge in [0.1, 0.15) is 5.75 Å². The van der Waals surface area contributed by atoms with E-state index in [0.29, 0.717) is 6.04 Å². The van der Waals surface area contributed by atoms with Crippen LogP contribution in [0.25, 0.3) is 0 Å². The fourth-order valence-corrected chi connectivity index (χ4v) is 4.30. The van der Waals surface area contributed by atoms with Crippen LogP contribution in [0.1, 0.15) is 56.6 Å². The molecule has 110 valence electrons. The summed E-state index contributed by atoms with van der Waals surface area (Å²) in [7, 11) is 4.09. The smallest absolute Gasteiger partial charge is 0.119 e. The Kier molecular flexibility index (Phi) is 4.30. The minimum atomic E-state index is 0.574. The van der Waals surface area contributed by atoms with Crippen molar-refractivity contribution in [2.75, 3.05) is 14.2 Å². The first kappa shape index (κ1) is 13.9. The fourth-order valence-electron chi connectivity index (χ4n) is 4.30. The monoisotopic (exact) mass is 273 g/mol. The Bertz CT molecular complexity index is 445. The van der Waals surface area contributed by atoms with Crippen molar-refractivity contribution in [1.82, 2.24) is 4.90 Å². The molecule has 2 heteroatoms. The van der Waals surface area contributed by atoms with Crippen molar-refractivity contribution in [3.63, 3.8) is 0 Å². The second kappa shape index (κ2) is 6.17. The van der Waals surface area contributed by atoms with E-state index < -0.39 is 0 Å². The highest BCUT2D eigenvalue weighted by molar-refractivity contribution is 5.31. The summed E-state index contributed by atoms with van der Waals surface area (Å²) in [6.45, 7) is 0. The number of piperidine rings is 1. The van der Waals surface area contributed by atoms with Gasteiger partial charge in [0, 0.05) is 12.1 Å². The number of ether oxygens (including phenoxy) is 1. The van der Waals surface area contributed by atoms with E-state index in [0.717, 1.165) is 17.7 Å². The van der Waals surface area contributed by atoms with Gasteiger partial charge in [-0.25, -0.2) is 0 Å². The van der Waals surface area contributed by atoms with Crippen LogP contribution in [0.2, 0.25) is 0 Å². The number of rotatable bonds is 2. The maximum absolute atomic E-state index is 5.39. The zero-order valence-corrected chi connectivity index (χ0v) is 12.8. The van der Waals surface area contributed by atoms with E-state index in [1.54, 1.807) is 7.11 Å². The van der Waals surface area contributed by atoms with Gasteiger partial charge in [0.15, 0.2) is 0 Å². The van der Waals surface area contributed by atoms with Crippen LogP contribution in [0.5, 0.6) is 5.75 Å². The molecule has 2 fully saturated rings. The molecule has 0 bridgehead atoms. The lowest BCUT2D eigenvalue weighted by molar-refractivity contribution is 0.0588. The van der Waals surface area contributed by atoms with Gasteiger partial charge in [-0.1, -0.05) is 31.4 Å². The third-order valence-electron chi connectivity index (χ3n) is 5.42. The number of methoxy groups -OCH3 is 1. The van der Waals surface area contributed by atoms with Crippen molar-refractivity contribution in [3.05, 3.63) is 29.8 Å². The third kappa shape index (κ3) is 2.71. The van der Waals surface area contributed by atoms with Crippen LogP contribution in [-0.4, -0.2) is 25.1 Å². The van der Waals surface area contributed by atoms with Crippen molar-refractivity contribution in [3.8, 4) is 5.75 Å². The van der Waals surface area contributed by atoms with E-state index in [4.69, 9.17) is 4.74 Å². The predicted octanol–water partition coefficient (Wildman–Crippen LogP) is 4.41. The third-order valence-corrected chi connectivity index (χ3v) is 5.42. The molecule has 20 heavy (non-hydrogen) atoms. The van der Waals surface area contributed by atoms with Gasteiger partial charge in [-0.2, -0.15) is 0 Å². The zero-order chi connectivity index (χ0) is 13.9. The van der Waals surface area contributed by atoms with Crippen LogP contribution < -0.4 is 4.74 Å². The molecule has 3 atom stereocenters. The highest BCUT2D eigenvalue weighted by atomic mass is 16.5. The molecule has 1 aliphatic heterocycles. The van der Waals surface area contributed by atoms with Crippen molar-refractivity contribution in [1.29, 1.82) is 0 Å². The van der Waals surface area contributed by atoms with Crippen molar-refractivity contribution < 1.29 is 4.74 Å². The lowest BCUT2D eigenvalue weighted by Crippen LogP contribution is -2.44. The first-order chi connectivity index (χ1) is 9.79. The molecule has 0 unspecified atom stereocenters. The Balaban J connectivity index is 1.80. The number of nitrogens with zero attached hydrogens (tertiary/aromatic N) is 1. The van der Waals surface area contributed by atoms with Gasteiger partial charge in [-0.3, -0.25) is 4.90 Å². The molecule has 1 saturated carbocycles. The molecule has 0 aromatic heterocycles. The lowest BCUT2D eigenvalue weighted by atomic mass is 9.81. The second-order valence-electron chi connectivity index (χ2n) is 6.50. The molecule has 1 aromatic carbocycles. The molecule has 2 nitrogen and oxygen atoms in total. The number of fused-ring (bicyclic) bond motifs is 1. The standard InChI is InChI=1S/C18H27NO/c1-19-17-10-5-3-4-7-14(17)11-12-18(19)15-8-6-9-16(13-15)20-2/h6,8-9,13-14,17-18H,3-5,7,10-12H2,1-2H3/t14-,17+,18-/m1/s1. The fraction of sp³-hybridized carbons (Fsp3) is 0.667. The van der Waals surface area contributed by atoms with Crippen molar-refractivity contribution in [2.24, 2.45) is 5.92 Å².